The fraction of sp³-hybridized carbons (Fsp3) is 0.111. The van der Waals surface area contributed by atoms with Crippen molar-refractivity contribution in [3.05, 3.63) is 41.3 Å². The lowest BCUT2D eigenvalue weighted by Gasteiger charge is -2.10. The standard InChI is InChI=1S/C9H5ClF3N3/c10-6-2-1-4-14-8(6)16-7(3-5-15-16)9(11,12)13/h1-5H. The minimum atomic E-state index is -4.49. The molecule has 16 heavy (non-hydrogen) atoms. The van der Waals surface area contributed by atoms with Gasteiger partial charge in [-0.15, -0.1) is 0 Å². The molecule has 0 unspecified atom stereocenters. The fourth-order valence-electron chi connectivity index (χ4n) is 1.22. The molecule has 0 saturated carbocycles. The van der Waals surface area contributed by atoms with Gasteiger partial charge < -0.3 is 0 Å². The number of pyridine rings is 1. The molecule has 0 spiro atoms. The molecule has 0 aliphatic heterocycles. The van der Waals surface area contributed by atoms with E-state index in [4.69, 9.17) is 11.6 Å². The minimum Gasteiger partial charge on any atom is -0.236 e. The monoisotopic (exact) mass is 247 g/mol. The Labute approximate surface area is 93.5 Å². The lowest BCUT2D eigenvalue weighted by atomic mass is 10.4. The second-order valence-electron chi connectivity index (χ2n) is 2.93. The largest absolute Gasteiger partial charge is 0.433 e. The fourth-order valence-corrected chi connectivity index (χ4v) is 1.42. The van der Waals surface area contributed by atoms with Gasteiger partial charge in [-0.25, -0.2) is 9.67 Å². The molecule has 2 rings (SSSR count). The maximum atomic E-state index is 12.6. The van der Waals surface area contributed by atoms with Crippen molar-refractivity contribution in [3.63, 3.8) is 0 Å². The van der Waals surface area contributed by atoms with E-state index in [0.717, 1.165) is 12.3 Å². The van der Waals surface area contributed by atoms with Gasteiger partial charge in [-0.1, -0.05) is 11.6 Å². The van der Waals surface area contributed by atoms with Crippen LogP contribution in [-0.4, -0.2) is 14.8 Å². The highest BCUT2D eigenvalue weighted by Crippen LogP contribution is 2.31. The van der Waals surface area contributed by atoms with Crippen molar-refractivity contribution in [2.24, 2.45) is 0 Å². The van der Waals surface area contributed by atoms with E-state index in [1.165, 1.54) is 18.3 Å². The van der Waals surface area contributed by atoms with Crippen LogP contribution in [0.1, 0.15) is 5.69 Å². The molecule has 0 atom stereocenters. The Morgan fingerprint density at radius 2 is 1.94 bits per heavy atom. The second kappa shape index (κ2) is 3.79. The first kappa shape index (κ1) is 10.9. The van der Waals surface area contributed by atoms with Crippen LogP contribution < -0.4 is 0 Å². The first-order chi connectivity index (χ1) is 7.50. The number of alkyl halides is 3. The third-order valence-corrected chi connectivity index (χ3v) is 2.17. The molecular weight excluding hydrogens is 243 g/mol. The van der Waals surface area contributed by atoms with Crippen LogP contribution in [0.25, 0.3) is 5.82 Å². The van der Waals surface area contributed by atoms with Gasteiger partial charge in [0.05, 0.1) is 11.2 Å². The zero-order valence-electron chi connectivity index (χ0n) is 7.74. The van der Waals surface area contributed by atoms with Crippen LogP contribution in [0.4, 0.5) is 13.2 Å². The third-order valence-electron chi connectivity index (χ3n) is 1.87. The highest BCUT2D eigenvalue weighted by Gasteiger charge is 2.35. The first-order valence-corrected chi connectivity index (χ1v) is 4.60. The minimum absolute atomic E-state index is 0.0403. The van der Waals surface area contributed by atoms with E-state index in [0.29, 0.717) is 4.68 Å². The van der Waals surface area contributed by atoms with Crippen molar-refractivity contribution in [2.45, 2.75) is 6.18 Å². The third kappa shape index (κ3) is 1.88. The molecule has 0 amide bonds. The highest BCUT2D eigenvalue weighted by atomic mass is 35.5. The summed E-state index contributed by atoms with van der Waals surface area (Å²) in [6.45, 7) is 0. The molecule has 0 aromatic carbocycles. The Morgan fingerprint density at radius 1 is 1.19 bits per heavy atom. The summed E-state index contributed by atoms with van der Waals surface area (Å²) in [7, 11) is 0. The van der Waals surface area contributed by atoms with Crippen molar-refractivity contribution >= 4 is 11.6 Å². The number of halogens is 4. The van der Waals surface area contributed by atoms with Crippen LogP contribution in [0, 0.1) is 0 Å². The summed E-state index contributed by atoms with van der Waals surface area (Å²) in [5.74, 6) is -0.0403. The average molecular weight is 248 g/mol. The summed E-state index contributed by atoms with van der Waals surface area (Å²) in [6.07, 6.45) is -2.09. The Morgan fingerprint density at radius 3 is 2.56 bits per heavy atom. The van der Waals surface area contributed by atoms with Crippen LogP contribution >= 0.6 is 11.6 Å². The molecule has 3 nitrogen and oxygen atoms in total. The number of hydrogen-bond donors (Lipinski definition) is 0. The highest BCUT2D eigenvalue weighted by molar-refractivity contribution is 6.32. The van der Waals surface area contributed by atoms with Crippen LogP contribution in [0.2, 0.25) is 5.02 Å². The molecule has 2 aromatic rings. The Balaban J connectivity index is 2.58. The summed E-state index contributed by atoms with van der Waals surface area (Å²) < 4.78 is 38.4. The van der Waals surface area contributed by atoms with Crippen LogP contribution in [0.3, 0.4) is 0 Å². The molecule has 0 N–H and O–H groups in total. The molecule has 0 saturated heterocycles. The summed E-state index contributed by atoms with van der Waals surface area (Å²) >= 11 is 5.75. The van der Waals surface area contributed by atoms with Gasteiger partial charge >= 0.3 is 6.18 Å². The summed E-state index contributed by atoms with van der Waals surface area (Å²) in [6, 6.07) is 3.85. The van der Waals surface area contributed by atoms with Gasteiger partial charge in [0.25, 0.3) is 0 Å². The van der Waals surface area contributed by atoms with E-state index in [-0.39, 0.29) is 10.8 Å². The summed E-state index contributed by atoms with van der Waals surface area (Å²) in [4.78, 5) is 3.76. The molecule has 0 bridgehead atoms. The van der Waals surface area contributed by atoms with Crippen LogP contribution in [0.5, 0.6) is 0 Å². The molecule has 0 aliphatic rings. The van der Waals surface area contributed by atoms with E-state index in [9.17, 15) is 13.2 Å². The second-order valence-corrected chi connectivity index (χ2v) is 3.34. The topological polar surface area (TPSA) is 30.7 Å². The van der Waals surface area contributed by atoms with Crippen LogP contribution in [0.15, 0.2) is 30.6 Å². The SMILES string of the molecule is FC(F)(F)c1ccnn1-c1ncccc1Cl. The lowest BCUT2D eigenvalue weighted by molar-refractivity contribution is -0.142. The van der Waals surface area contributed by atoms with Gasteiger partial charge in [-0.05, 0) is 18.2 Å². The Hall–Kier alpha value is -1.56. The quantitative estimate of drug-likeness (QED) is 0.776. The van der Waals surface area contributed by atoms with E-state index in [1.54, 1.807) is 0 Å². The van der Waals surface area contributed by atoms with Crippen molar-refractivity contribution in [1.29, 1.82) is 0 Å². The maximum Gasteiger partial charge on any atom is 0.433 e. The first-order valence-electron chi connectivity index (χ1n) is 4.22. The molecule has 0 radical (unpaired) electrons. The van der Waals surface area contributed by atoms with Gasteiger partial charge in [-0.2, -0.15) is 18.3 Å². The summed E-state index contributed by atoms with van der Waals surface area (Å²) in [5, 5.41) is 3.67. The van der Waals surface area contributed by atoms with Gasteiger partial charge in [-0.3, -0.25) is 0 Å². The van der Waals surface area contributed by atoms with E-state index in [2.05, 4.69) is 10.1 Å². The van der Waals surface area contributed by atoms with Crippen molar-refractivity contribution in [1.82, 2.24) is 14.8 Å². The molecule has 0 fully saturated rings. The van der Waals surface area contributed by atoms with Crippen molar-refractivity contribution < 1.29 is 13.2 Å². The molecule has 0 aliphatic carbocycles. The summed E-state index contributed by atoms with van der Waals surface area (Å²) in [5.41, 5.74) is -0.909. The molecule has 2 aromatic heterocycles. The molecule has 7 heteroatoms. The van der Waals surface area contributed by atoms with Gasteiger partial charge in [0.1, 0.15) is 5.69 Å². The zero-order chi connectivity index (χ0) is 11.8. The Bertz CT molecular complexity index is 507. The molecule has 2 heterocycles. The maximum absolute atomic E-state index is 12.6. The van der Waals surface area contributed by atoms with Gasteiger partial charge in [0.2, 0.25) is 0 Å². The van der Waals surface area contributed by atoms with E-state index in [1.807, 2.05) is 0 Å². The number of rotatable bonds is 1. The number of nitrogens with zero attached hydrogens (tertiary/aromatic N) is 3. The van der Waals surface area contributed by atoms with Crippen LogP contribution in [-0.2, 0) is 6.18 Å². The predicted octanol–water partition coefficient (Wildman–Crippen LogP) is 2.94. The van der Waals surface area contributed by atoms with Crippen molar-refractivity contribution in [3.8, 4) is 5.82 Å². The van der Waals surface area contributed by atoms with Gasteiger partial charge in [0.15, 0.2) is 5.82 Å². The van der Waals surface area contributed by atoms with E-state index < -0.39 is 11.9 Å². The molecule has 84 valence electrons. The average Bonchev–Trinajstić information content (AvgIpc) is 2.66. The lowest BCUT2D eigenvalue weighted by Crippen LogP contribution is -2.14. The van der Waals surface area contributed by atoms with Crippen molar-refractivity contribution in [2.75, 3.05) is 0 Å². The zero-order valence-corrected chi connectivity index (χ0v) is 8.50. The smallest absolute Gasteiger partial charge is 0.236 e. The van der Waals surface area contributed by atoms with Gasteiger partial charge in [0, 0.05) is 6.20 Å². The predicted molar refractivity (Wildman–Crippen MR) is 51.4 cm³/mol. The Kier molecular flexibility index (Phi) is 2.59. The molecular formula is C9H5ClF3N3. The van der Waals surface area contributed by atoms with E-state index >= 15 is 0 Å². The number of hydrogen-bond acceptors (Lipinski definition) is 2. The normalized spacial score (nSPS) is 11.8. The number of aromatic nitrogens is 3.